The normalized spacial score (nSPS) is 22.2. The zero-order valence-electron chi connectivity index (χ0n) is 17.4. The van der Waals surface area contributed by atoms with E-state index >= 15 is 0 Å². The minimum absolute atomic E-state index is 0.0284. The van der Waals surface area contributed by atoms with Gasteiger partial charge in [-0.3, -0.25) is 4.79 Å². The van der Waals surface area contributed by atoms with Gasteiger partial charge in [0.2, 0.25) is 0 Å². The smallest absolute Gasteiger partial charge is 0.266 e. The minimum Gasteiger partial charge on any atom is -0.355 e. The summed E-state index contributed by atoms with van der Waals surface area (Å²) in [7, 11) is 0. The molecule has 2 atom stereocenters. The summed E-state index contributed by atoms with van der Waals surface area (Å²) in [4.78, 5) is 27.2. The average molecular weight is 426 g/mol. The molecule has 0 aromatic carbocycles. The molecule has 5 heterocycles. The van der Waals surface area contributed by atoms with Crippen molar-refractivity contribution < 1.29 is 4.79 Å². The Balaban J connectivity index is 1.47. The van der Waals surface area contributed by atoms with Crippen molar-refractivity contribution in [2.75, 3.05) is 24.5 Å². The number of nitrogens with two attached hydrogens (primary N) is 1. The van der Waals surface area contributed by atoms with Crippen LogP contribution in [0, 0.1) is 13.8 Å². The number of likely N-dealkylation sites (tertiary alicyclic amines) is 1. The van der Waals surface area contributed by atoms with Gasteiger partial charge in [0.05, 0.1) is 22.9 Å². The Morgan fingerprint density at radius 1 is 1.23 bits per heavy atom. The summed E-state index contributed by atoms with van der Waals surface area (Å²) in [6, 6.07) is 2.21. The van der Waals surface area contributed by atoms with Crippen LogP contribution in [0.3, 0.4) is 0 Å². The fraction of sp³-hybridized carbons (Fsp3) is 0.524. The summed E-state index contributed by atoms with van der Waals surface area (Å²) in [6.45, 7) is 6.51. The van der Waals surface area contributed by atoms with Crippen LogP contribution >= 0.6 is 11.3 Å². The third-order valence-electron chi connectivity index (χ3n) is 6.09. The first-order valence-corrected chi connectivity index (χ1v) is 11.4. The fourth-order valence-electron chi connectivity index (χ4n) is 4.57. The Morgan fingerprint density at radius 2 is 2.10 bits per heavy atom. The highest BCUT2D eigenvalue weighted by molar-refractivity contribution is 7.13. The van der Waals surface area contributed by atoms with Gasteiger partial charge >= 0.3 is 0 Å². The van der Waals surface area contributed by atoms with Gasteiger partial charge in [0.25, 0.3) is 5.91 Å². The highest BCUT2D eigenvalue weighted by atomic mass is 32.1. The molecule has 1 amide bonds. The summed E-state index contributed by atoms with van der Waals surface area (Å²) in [5, 5.41) is 5.73. The number of piperidine rings is 1. The maximum atomic E-state index is 13.2. The number of thiazole rings is 1. The second-order valence-corrected chi connectivity index (χ2v) is 9.60. The highest BCUT2D eigenvalue weighted by Crippen LogP contribution is 2.33. The molecule has 8 nitrogen and oxygen atoms in total. The molecule has 2 fully saturated rings. The molecule has 5 rings (SSSR count). The van der Waals surface area contributed by atoms with Crippen molar-refractivity contribution in [3.05, 3.63) is 39.6 Å². The Labute approximate surface area is 179 Å². The van der Waals surface area contributed by atoms with E-state index in [1.165, 1.54) is 11.3 Å². The summed E-state index contributed by atoms with van der Waals surface area (Å²) in [5.41, 5.74) is 8.90. The van der Waals surface area contributed by atoms with Crippen LogP contribution in [0.5, 0.6) is 0 Å². The van der Waals surface area contributed by atoms with E-state index in [2.05, 4.69) is 16.8 Å². The molecular weight excluding hydrogens is 398 g/mol. The van der Waals surface area contributed by atoms with Crippen molar-refractivity contribution in [2.45, 2.75) is 51.6 Å². The van der Waals surface area contributed by atoms with Crippen LogP contribution in [0.15, 0.2) is 18.5 Å². The van der Waals surface area contributed by atoms with Crippen molar-refractivity contribution in [3.8, 4) is 0 Å². The largest absolute Gasteiger partial charge is 0.355 e. The lowest BCUT2D eigenvalue weighted by molar-refractivity contribution is 0.0610. The monoisotopic (exact) mass is 425 g/mol. The van der Waals surface area contributed by atoms with E-state index in [1.807, 2.05) is 28.6 Å². The number of fused-ring (bicyclic) bond motifs is 1. The van der Waals surface area contributed by atoms with Gasteiger partial charge in [0.1, 0.15) is 10.7 Å². The van der Waals surface area contributed by atoms with E-state index in [0.717, 1.165) is 73.0 Å². The Kier molecular flexibility index (Phi) is 4.94. The van der Waals surface area contributed by atoms with Crippen LogP contribution in [-0.4, -0.2) is 56.1 Å². The van der Waals surface area contributed by atoms with Crippen molar-refractivity contribution in [1.29, 1.82) is 0 Å². The summed E-state index contributed by atoms with van der Waals surface area (Å²) < 4.78 is 1.85. The third kappa shape index (κ3) is 3.45. The van der Waals surface area contributed by atoms with Crippen LogP contribution in [0.2, 0.25) is 0 Å². The maximum absolute atomic E-state index is 13.2. The molecule has 0 unspecified atom stereocenters. The van der Waals surface area contributed by atoms with Gasteiger partial charge in [0.15, 0.2) is 5.65 Å². The molecule has 9 heteroatoms. The van der Waals surface area contributed by atoms with E-state index in [9.17, 15) is 4.79 Å². The van der Waals surface area contributed by atoms with Crippen LogP contribution in [0.4, 0.5) is 5.82 Å². The van der Waals surface area contributed by atoms with Crippen molar-refractivity contribution in [2.24, 2.45) is 5.73 Å². The van der Waals surface area contributed by atoms with Crippen LogP contribution in [0.1, 0.15) is 57.7 Å². The molecule has 2 N–H and O–H groups in total. The van der Waals surface area contributed by atoms with Crippen LogP contribution in [-0.2, 0) is 0 Å². The molecule has 0 saturated carbocycles. The number of nitrogens with zero attached hydrogens (tertiary/aromatic N) is 6. The molecule has 0 radical (unpaired) electrons. The molecule has 3 aromatic rings. The van der Waals surface area contributed by atoms with Gasteiger partial charge in [-0.1, -0.05) is 0 Å². The van der Waals surface area contributed by atoms with E-state index in [0.29, 0.717) is 4.88 Å². The van der Waals surface area contributed by atoms with Gasteiger partial charge in [-0.25, -0.2) is 14.5 Å². The highest BCUT2D eigenvalue weighted by Gasteiger charge is 2.32. The van der Waals surface area contributed by atoms with Crippen molar-refractivity contribution >= 4 is 28.7 Å². The second-order valence-electron chi connectivity index (χ2n) is 8.37. The van der Waals surface area contributed by atoms with Gasteiger partial charge in [0, 0.05) is 43.5 Å². The maximum Gasteiger partial charge on any atom is 0.266 e. The van der Waals surface area contributed by atoms with Gasteiger partial charge in [-0.15, -0.1) is 11.3 Å². The Morgan fingerprint density at radius 3 is 2.83 bits per heavy atom. The van der Waals surface area contributed by atoms with Crippen LogP contribution in [0.25, 0.3) is 5.65 Å². The van der Waals surface area contributed by atoms with E-state index in [1.54, 1.807) is 6.20 Å². The number of aryl methyl sites for hydroxylation is 2. The van der Waals surface area contributed by atoms with E-state index in [4.69, 9.17) is 15.8 Å². The number of carbonyl (C=O) groups is 1. The molecule has 0 aliphatic carbocycles. The first-order valence-electron chi connectivity index (χ1n) is 10.6. The van der Waals surface area contributed by atoms with Gasteiger partial charge in [-0.05, 0) is 39.5 Å². The fourth-order valence-corrected chi connectivity index (χ4v) is 5.30. The zero-order valence-corrected chi connectivity index (χ0v) is 18.2. The lowest BCUT2D eigenvalue weighted by Gasteiger charge is -2.34. The molecule has 2 aliphatic heterocycles. The zero-order chi connectivity index (χ0) is 20.8. The van der Waals surface area contributed by atoms with Gasteiger partial charge in [-0.2, -0.15) is 5.10 Å². The number of amides is 1. The summed E-state index contributed by atoms with van der Waals surface area (Å²) >= 11 is 1.45. The van der Waals surface area contributed by atoms with Crippen molar-refractivity contribution in [3.63, 3.8) is 0 Å². The van der Waals surface area contributed by atoms with E-state index in [-0.39, 0.29) is 18.0 Å². The number of carbonyl (C=O) groups excluding carboxylic acids is 1. The number of rotatable bonds is 3. The predicted molar refractivity (Wildman–Crippen MR) is 117 cm³/mol. The first kappa shape index (κ1) is 19.4. The number of anilines is 1. The van der Waals surface area contributed by atoms with Crippen molar-refractivity contribution in [1.82, 2.24) is 24.5 Å². The Hall–Kier alpha value is -2.52. The third-order valence-corrected chi connectivity index (χ3v) is 6.99. The lowest BCUT2D eigenvalue weighted by atomic mass is 9.99. The molecule has 158 valence electrons. The lowest BCUT2D eigenvalue weighted by Crippen LogP contribution is -2.38. The topological polar surface area (TPSA) is 92.7 Å². The molecular formula is C21H27N7OS. The summed E-state index contributed by atoms with van der Waals surface area (Å²) in [5.74, 6) is 1.04. The number of hydrogen-bond donors (Lipinski definition) is 1. The molecule has 0 bridgehead atoms. The minimum atomic E-state index is -0.0284. The molecule has 30 heavy (non-hydrogen) atoms. The molecule has 2 saturated heterocycles. The average Bonchev–Trinajstić information content (AvgIpc) is 3.46. The molecule has 3 aromatic heterocycles. The van der Waals surface area contributed by atoms with Gasteiger partial charge < -0.3 is 15.5 Å². The predicted octanol–water partition coefficient (Wildman–Crippen LogP) is 2.71. The van der Waals surface area contributed by atoms with E-state index < -0.39 is 0 Å². The Bertz CT molecular complexity index is 1090. The molecule has 0 spiro atoms. The quantitative estimate of drug-likeness (QED) is 0.694. The summed E-state index contributed by atoms with van der Waals surface area (Å²) in [6.07, 6.45) is 7.74. The number of hydrogen-bond acceptors (Lipinski definition) is 7. The second kappa shape index (κ2) is 7.63. The SMILES string of the molecule is Cc1ncc(C(=O)N2CCCC[C@H]2c2cc3nc(N4CC[C@H](N)C4)c(C)cn3n2)s1. The number of aromatic nitrogens is 4. The first-order chi connectivity index (χ1) is 14.5. The molecule has 2 aliphatic rings. The van der Waals surface area contributed by atoms with Crippen LogP contribution < -0.4 is 10.6 Å². The standard InChI is InChI=1S/C21H27N7OS/c1-13-11-28-19(24-20(13)26-8-6-15(22)12-26)9-16(25-28)17-5-3-4-7-27(17)21(29)18-10-23-14(2)30-18/h9-11,15,17H,3-8,12,22H2,1-2H3/t15-,17-/m0/s1.